The van der Waals surface area contributed by atoms with Gasteiger partial charge in [-0.1, -0.05) is 0 Å². The van der Waals surface area contributed by atoms with Crippen molar-refractivity contribution in [3.63, 3.8) is 0 Å². The first-order chi connectivity index (χ1) is 8.86. The third-order valence-corrected chi connectivity index (χ3v) is 2.89. The van der Waals surface area contributed by atoms with E-state index in [0.717, 1.165) is 0 Å². The Hall–Kier alpha value is -1.26. The topological polar surface area (TPSA) is 162 Å². The standard InChI is InChI=1S/C10H18N2O7/c11-6(14)2-1-4(10(17)18)12-9-8(16)7(15)5(3-13)19-9/h4-5,7-9,12-13,15-16H,1-3H2,(H2,11,14)(H,17,18)/t4-,5+,7+,8+,9+/m0/s1. The van der Waals surface area contributed by atoms with Crippen molar-refractivity contribution in [3.8, 4) is 0 Å². The summed E-state index contributed by atoms with van der Waals surface area (Å²) in [5, 5.41) is 39.4. The van der Waals surface area contributed by atoms with Gasteiger partial charge in [0.2, 0.25) is 5.91 Å². The van der Waals surface area contributed by atoms with Crippen LogP contribution in [0.3, 0.4) is 0 Å². The fourth-order valence-corrected chi connectivity index (χ4v) is 1.80. The zero-order chi connectivity index (χ0) is 14.6. The van der Waals surface area contributed by atoms with E-state index in [1.165, 1.54) is 0 Å². The molecular weight excluding hydrogens is 260 g/mol. The van der Waals surface area contributed by atoms with Crippen LogP contribution in [-0.2, 0) is 14.3 Å². The van der Waals surface area contributed by atoms with Crippen molar-refractivity contribution in [3.05, 3.63) is 0 Å². The fourth-order valence-electron chi connectivity index (χ4n) is 1.80. The van der Waals surface area contributed by atoms with E-state index >= 15 is 0 Å². The molecule has 0 radical (unpaired) electrons. The molecule has 0 unspecified atom stereocenters. The lowest BCUT2D eigenvalue weighted by Gasteiger charge is -2.21. The summed E-state index contributed by atoms with van der Waals surface area (Å²) in [7, 11) is 0. The fraction of sp³-hybridized carbons (Fsp3) is 0.800. The van der Waals surface area contributed by atoms with Crippen molar-refractivity contribution in [1.82, 2.24) is 5.32 Å². The molecule has 1 amide bonds. The third kappa shape index (κ3) is 4.11. The number of primary amides is 1. The van der Waals surface area contributed by atoms with Crippen LogP contribution in [-0.4, -0.2) is 69.5 Å². The Bertz CT molecular complexity index is 338. The van der Waals surface area contributed by atoms with E-state index in [1.807, 2.05) is 0 Å². The molecule has 1 fully saturated rings. The van der Waals surface area contributed by atoms with Crippen LogP contribution in [0.5, 0.6) is 0 Å². The first-order valence-corrected chi connectivity index (χ1v) is 5.76. The average Bonchev–Trinajstić information content (AvgIpc) is 2.61. The molecule has 1 heterocycles. The number of nitrogens with two attached hydrogens (primary N) is 1. The second-order valence-corrected chi connectivity index (χ2v) is 4.32. The monoisotopic (exact) mass is 278 g/mol. The predicted molar refractivity (Wildman–Crippen MR) is 60.7 cm³/mol. The average molecular weight is 278 g/mol. The quantitative estimate of drug-likeness (QED) is 0.282. The minimum absolute atomic E-state index is 0.0723. The molecule has 1 aliphatic rings. The minimum Gasteiger partial charge on any atom is -0.480 e. The van der Waals surface area contributed by atoms with Gasteiger partial charge in [-0.15, -0.1) is 0 Å². The maximum atomic E-state index is 11.0. The summed E-state index contributed by atoms with van der Waals surface area (Å²) < 4.78 is 5.08. The number of hydrogen-bond donors (Lipinski definition) is 6. The van der Waals surface area contributed by atoms with E-state index in [0.29, 0.717) is 0 Å². The van der Waals surface area contributed by atoms with Gasteiger partial charge in [-0.2, -0.15) is 0 Å². The summed E-state index contributed by atoms with van der Waals surface area (Å²) in [6.07, 6.45) is -5.02. The summed E-state index contributed by atoms with van der Waals surface area (Å²) in [6, 6.07) is -1.16. The number of rotatable bonds is 7. The number of carboxylic acid groups (broad SMARTS) is 1. The SMILES string of the molecule is NC(=O)CC[C@H](N[C@@H]1O[C@H](CO)[C@@H](O)[C@H]1O)C(=O)O. The highest BCUT2D eigenvalue weighted by Gasteiger charge is 2.43. The molecular formula is C10H18N2O7. The van der Waals surface area contributed by atoms with Gasteiger partial charge in [0, 0.05) is 6.42 Å². The van der Waals surface area contributed by atoms with Crippen LogP contribution in [0.25, 0.3) is 0 Å². The maximum Gasteiger partial charge on any atom is 0.320 e. The molecule has 110 valence electrons. The first kappa shape index (κ1) is 15.8. The largest absolute Gasteiger partial charge is 0.480 e. The molecule has 5 atom stereocenters. The zero-order valence-corrected chi connectivity index (χ0v) is 10.1. The van der Waals surface area contributed by atoms with Crippen LogP contribution in [0.2, 0.25) is 0 Å². The highest BCUT2D eigenvalue weighted by molar-refractivity contribution is 5.77. The Balaban J connectivity index is 2.59. The molecule has 0 spiro atoms. The Morgan fingerprint density at radius 1 is 1.32 bits per heavy atom. The first-order valence-electron chi connectivity index (χ1n) is 5.76. The van der Waals surface area contributed by atoms with Crippen molar-refractivity contribution in [2.24, 2.45) is 5.73 Å². The van der Waals surface area contributed by atoms with Crippen LogP contribution in [0, 0.1) is 0 Å². The van der Waals surface area contributed by atoms with Crippen LogP contribution >= 0.6 is 0 Å². The maximum absolute atomic E-state index is 11.0. The highest BCUT2D eigenvalue weighted by Crippen LogP contribution is 2.20. The minimum atomic E-state index is -1.37. The van der Waals surface area contributed by atoms with E-state index < -0.39 is 49.1 Å². The molecule has 1 aliphatic heterocycles. The van der Waals surface area contributed by atoms with E-state index in [-0.39, 0.29) is 12.8 Å². The summed E-state index contributed by atoms with van der Waals surface area (Å²) in [6.45, 7) is -0.505. The molecule has 7 N–H and O–H groups in total. The smallest absolute Gasteiger partial charge is 0.320 e. The number of aliphatic carboxylic acids is 1. The van der Waals surface area contributed by atoms with E-state index in [1.54, 1.807) is 0 Å². The van der Waals surface area contributed by atoms with Crippen LogP contribution in [0.4, 0.5) is 0 Å². The number of ether oxygens (including phenoxy) is 1. The Kier molecular flexibility index (Phi) is 5.63. The summed E-state index contributed by atoms with van der Waals surface area (Å²) in [5.41, 5.74) is 4.93. The van der Waals surface area contributed by atoms with Gasteiger partial charge in [0.15, 0.2) is 0 Å². The number of nitrogens with one attached hydrogen (secondary N) is 1. The zero-order valence-electron chi connectivity index (χ0n) is 10.1. The lowest BCUT2D eigenvalue weighted by molar-refractivity contribution is -0.141. The number of carbonyl (C=O) groups is 2. The van der Waals surface area contributed by atoms with Crippen molar-refractivity contribution in [2.45, 2.75) is 43.4 Å². The molecule has 1 rings (SSSR count). The highest BCUT2D eigenvalue weighted by atomic mass is 16.6. The molecule has 0 aromatic heterocycles. The number of aliphatic hydroxyl groups is 3. The Morgan fingerprint density at radius 3 is 2.37 bits per heavy atom. The summed E-state index contributed by atoms with van der Waals surface area (Å²) in [4.78, 5) is 21.6. The lowest BCUT2D eigenvalue weighted by Crippen LogP contribution is -2.49. The molecule has 9 heteroatoms. The molecule has 0 aliphatic carbocycles. The van der Waals surface area contributed by atoms with Gasteiger partial charge in [0.05, 0.1) is 6.61 Å². The number of aliphatic hydroxyl groups excluding tert-OH is 3. The second kappa shape index (κ2) is 6.78. The van der Waals surface area contributed by atoms with Crippen molar-refractivity contribution in [1.29, 1.82) is 0 Å². The van der Waals surface area contributed by atoms with Gasteiger partial charge in [-0.05, 0) is 6.42 Å². The molecule has 0 saturated carbocycles. The number of hydrogen-bond acceptors (Lipinski definition) is 7. The Morgan fingerprint density at radius 2 is 1.95 bits per heavy atom. The van der Waals surface area contributed by atoms with Gasteiger partial charge in [-0.3, -0.25) is 14.9 Å². The molecule has 0 bridgehead atoms. The van der Waals surface area contributed by atoms with Crippen molar-refractivity contribution in [2.75, 3.05) is 6.61 Å². The normalized spacial score (nSPS) is 32.2. The van der Waals surface area contributed by atoms with Gasteiger partial charge in [0.25, 0.3) is 0 Å². The number of carbonyl (C=O) groups excluding carboxylic acids is 1. The van der Waals surface area contributed by atoms with Gasteiger partial charge < -0.3 is 30.9 Å². The van der Waals surface area contributed by atoms with E-state index in [9.17, 15) is 19.8 Å². The molecule has 9 nitrogen and oxygen atoms in total. The lowest BCUT2D eigenvalue weighted by atomic mass is 10.1. The molecule has 1 saturated heterocycles. The van der Waals surface area contributed by atoms with E-state index in [4.69, 9.17) is 20.7 Å². The summed E-state index contributed by atoms with van der Waals surface area (Å²) >= 11 is 0. The molecule has 19 heavy (non-hydrogen) atoms. The van der Waals surface area contributed by atoms with E-state index in [2.05, 4.69) is 5.32 Å². The van der Waals surface area contributed by atoms with Crippen LogP contribution in [0.15, 0.2) is 0 Å². The van der Waals surface area contributed by atoms with Crippen LogP contribution in [0.1, 0.15) is 12.8 Å². The van der Waals surface area contributed by atoms with Crippen LogP contribution < -0.4 is 11.1 Å². The predicted octanol–water partition coefficient (Wildman–Crippen LogP) is -3.27. The van der Waals surface area contributed by atoms with Crippen molar-refractivity contribution < 1.29 is 34.8 Å². The Labute approximate surface area is 109 Å². The second-order valence-electron chi connectivity index (χ2n) is 4.32. The van der Waals surface area contributed by atoms with Crippen molar-refractivity contribution >= 4 is 11.9 Å². The number of amides is 1. The van der Waals surface area contributed by atoms with Gasteiger partial charge >= 0.3 is 5.97 Å². The molecule has 0 aromatic rings. The van der Waals surface area contributed by atoms with Gasteiger partial charge in [-0.25, -0.2) is 0 Å². The number of carboxylic acids is 1. The summed E-state index contributed by atoms with van der Waals surface area (Å²) in [5.74, 6) is -1.88. The molecule has 0 aromatic carbocycles. The third-order valence-electron chi connectivity index (χ3n) is 2.89. The van der Waals surface area contributed by atoms with Gasteiger partial charge in [0.1, 0.15) is 30.6 Å².